The van der Waals surface area contributed by atoms with Gasteiger partial charge in [0, 0.05) is 37.1 Å². The average Bonchev–Trinajstić information content (AvgIpc) is 3.56. The number of amides is 1. The first-order valence-electron chi connectivity index (χ1n) is 9.91. The summed E-state index contributed by atoms with van der Waals surface area (Å²) in [5, 5.41) is 6.27. The van der Waals surface area contributed by atoms with E-state index in [0.717, 1.165) is 18.7 Å². The van der Waals surface area contributed by atoms with Crippen molar-refractivity contribution in [2.75, 3.05) is 6.54 Å². The number of rotatable bonds is 8. The summed E-state index contributed by atoms with van der Waals surface area (Å²) in [5.41, 5.74) is 2.29. The standard InChI is InChI=1S/C24H25ClN2O/c25-23-11-4-2-7-19(23)16-26-24(28)14-15-27(21-12-13-21)17-20-9-5-8-18-6-1-3-10-22(18)20/h1-11,21H,12-17H2,(H,26,28). The van der Waals surface area contributed by atoms with Gasteiger partial charge < -0.3 is 5.32 Å². The third-order valence-corrected chi connectivity index (χ3v) is 5.75. The quantitative estimate of drug-likeness (QED) is 0.574. The fourth-order valence-corrected chi connectivity index (χ4v) is 3.85. The minimum Gasteiger partial charge on any atom is -0.352 e. The molecule has 0 bridgehead atoms. The number of halogens is 1. The van der Waals surface area contributed by atoms with Gasteiger partial charge >= 0.3 is 0 Å². The Hall–Kier alpha value is -2.36. The number of hydrogen-bond donors (Lipinski definition) is 1. The van der Waals surface area contributed by atoms with Gasteiger partial charge in [-0.05, 0) is 40.8 Å². The van der Waals surface area contributed by atoms with Crippen molar-refractivity contribution in [3.05, 3.63) is 82.9 Å². The van der Waals surface area contributed by atoms with E-state index in [2.05, 4.69) is 52.7 Å². The highest BCUT2D eigenvalue weighted by molar-refractivity contribution is 6.31. The summed E-state index contributed by atoms with van der Waals surface area (Å²) in [5.74, 6) is 0.0727. The normalized spacial score (nSPS) is 13.8. The molecular weight excluding hydrogens is 368 g/mol. The highest BCUT2D eigenvalue weighted by Crippen LogP contribution is 2.30. The van der Waals surface area contributed by atoms with Crippen LogP contribution >= 0.6 is 11.6 Å². The van der Waals surface area contributed by atoms with Gasteiger partial charge in [-0.25, -0.2) is 0 Å². The van der Waals surface area contributed by atoms with Crippen molar-refractivity contribution in [3.8, 4) is 0 Å². The summed E-state index contributed by atoms with van der Waals surface area (Å²) < 4.78 is 0. The predicted molar refractivity (Wildman–Crippen MR) is 115 cm³/mol. The lowest BCUT2D eigenvalue weighted by molar-refractivity contribution is -0.121. The number of hydrogen-bond acceptors (Lipinski definition) is 2. The third kappa shape index (κ3) is 4.73. The van der Waals surface area contributed by atoms with Crippen LogP contribution in [0.2, 0.25) is 5.02 Å². The Balaban J connectivity index is 1.35. The zero-order valence-corrected chi connectivity index (χ0v) is 16.7. The summed E-state index contributed by atoms with van der Waals surface area (Å²) in [4.78, 5) is 14.8. The Bertz CT molecular complexity index is 962. The number of carbonyl (C=O) groups is 1. The van der Waals surface area contributed by atoms with Crippen molar-refractivity contribution in [3.63, 3.8) is 0 Å². The second kappa shape index (κ2) is 8.76. The highest BCUT2D eigenvalue weighted by atomic mass is 35.5. The molecule has 1 N–H and O–H groups in total. The lowest BCUT2D eigenvalue weighted by atomic mass is 10.0. The summed E-state index contributed by atoms with van der Waals surface area (Å²) >= 11 is 6.16. The zero-order valence-electron chi connectivity index (χ0n) is 15.9. The second-order valence-electron chi connectivity index (χ2n) is 7.46. The van der Waals surface area contributed by atoms with E-state index in [4.69, 9.17) is 11.6 Å². The van der Waals surface area contributed by atoms with Crippen LogP contribution in [0.3, 0.4) is 0 Å². The van der Waals surface area contributed by atoms with Crippen molar-refractivity contribution in [2.45, 2.75) is 38.4 Å². The van der Waals surface area contributed by atoms with E-state index in [-0.39, 0.29) is 5.91 Å². The maximum Gasteiger partial charge on any atom is 0.221 e. The summed E-state index contributed by atoms with van der Waals surface area (Å²) in [6.07, 6.45) is 2.96. The van der Waals surface area contributed by atoms with Crippen molar-refractivity contribution >= 4 is 28.3 Å². The van der Waals surface area contributed by atoms with E-state index in [9.17, 15) is 4.79 Å². The lowest BCUT2D eigenvalue weighted by Crippen LogP contribution is -2.32. The van der Waals surface area contributed by atoms with Gasteiger partial charge in [0.2, 0.25) is 5.91 Å². The van der Waals surface area contributed by atoms with Crippen LogP contribution in [0.1, 0.15) is 30.4 Å². The molecule has 0 atom stereocenters. The Labute approximate surface area is 171 Å². The Morgan fingerprint density at radius 3 is 2.50 bits per heavy atom. The highest BCUT2D eigenvalue weighted by Gasteiger charge is 2.29. The van der Waals surface area contributed by atoms with Crippen LogP contribution in [0.15, 0.2) is 66.7 Å². The van der Waals surface area contributed by atoms with E-state index in [0.29, 0.717) is 24.0 Å². The van der Waals surface area contributed by atoms with E-state index >= 15 is 0 Å². The maximum absolute atomic E-state index is 12.4. The summed E-state index contributed by atoms with van der Waals surface area (Å²) in [6.45, 7) is 2.15. The van der Waals surface area contributed by atoms with Gasteiger partial charge in [-0.15, -0.1) is 0 Å². The smallest absolute Gasteiger partial charge is 0.221 e. The van der Waals surface area contributed by atoms with Gasteiger partial charge in [-0.2, -0.15) is 0 Å². The molecule has 1 fully saturated rings. The zero-order chi connectivity index (χ0) is 19.3. The molecule has 0 radical (unpaired) electrons. The molecule has 1 saturated carbocycles. The Kier molecular flexibility index (Phi) is 5.94. The molecule has 144 valence electrons. The van der Waals surface area contributed by atoms with Gasteiger partial charge in [-0.1, -0.05) is 72.3 Å². The first-order valence-corrected chi connectivity index (χ1v) is 10.3. The molecule has 0 aliphatic heterocycles. The molecule has 4 heteroatoms. The Morgan fingerprint density at radius 2 is 1.68 bits per heavy atom. The number of nitrogens with one attached hydrogen (secondary N) is 1. The molecule has 3 nitrogen and oxygen atoms in total. The molecule has 3 aromatic rings. The molecule has 3 aromatic carbocycles. The van der Waals surface area contributed by atoms with Gasteiger partial charge in [-0.3, -0.25) is 9.69 Å². The lowest BCUT2D eigenvalue weighted by Gasteiger charge is -2.22. The molecule has 1 amide bonds. The van der Waals surface area contributed by atoms with Crippen LogP contribution in [-0.2, 0) is 17.9 Å². The van der Waals surface area contributed by atoms with Crippen molar-refractivity contribution in [2.24, 2.45) is 0 Å². The first kappa shape index (κ1) is 19.0. The van der Waals surface area contributed by atoms with E-state index < -0.39 is 0 Å². The molecule has 0 spiro atoms. The maximum atomic E-state index is 12.4. The molecule has 0 heterocycles. The molecule has 0 unspecified atom stereocenters. The largest absolute Gasteiger partial charge is 0.352 e. The van der Waals surface area contributed by atoms with Gasteiger partial charge in [0.05, 0.1) is 0 Å². The van der Waals surface area contributed by atoms with Crippen molar-refractivity contribution < 1.29 is 4.79 Å². The minimum absolute atomic E-state index is 0.0727. The topological polar surface area (TPSA) is 32.3 Å². The Morgan fingerprint density at radius 1 is 0.964 bits per heavy atom. The molecular formula is C24H25ClN2O. The monoisotopic (exact) mass is 392 g/mol. The molecule has 4 rings (SSSR count). The van der Waals surface area contributed by atoms with E-state index in [1.54, 1.807) is 0 Å². The van der Waals surface area contributed by atoms with Crippen LogP contribution in [0.25, 0.3) is 10.8 Å². The molecule has 28 heavy (non-hydrogen) atoms. The first-order chi connectivity index (χ1) is 13.7. The van der Waals surface area contributed by atoms with Crippen LogP contribution in [0.4, 0.5) is 0 Å². The molecule has 1 aliphatic rings. The summed E-state index contributed by atoms with van der Waals surface area (Å²) in [7, 11) is 0. The number of benzene rings is 3. The fraction of sp³-hybridized carbons (Fsp3) is 0.292. The van der Waals surface area contributed by atoms with Gasteiger partial charge in [0.25, 0.3) is 0 Å². The van der Waals surface area contributed by atoms with Crippen LogP contribution in [-0.4, -0.2) is 23.4 Å². The number of carbonyl (C=O) groups excluding carboxylic acids is 1. The van der Waals surface area contributed by atoms with E-state index in [1.807, 2.05) is 24.3 Å². The SMILES string of the molecule is O=C(CCN(Cc1cccc2ccccc12)C1CC1)NCc1ccccc1Cl. The van der Waals surface area contributed by atoms with Crippen molar-refractivity contribution in [1.29, 1.82) is 0 Å². The second-order valence-corrected chi connectivity index (χ2v) is 7.87. The van der Waals surface area contributed by atoms with Crippen molar-refractivity contribution in [1.82, 2.24) is 10.2 Å². The van der Waals surface area contributed by atoms with Gasteiger partial charge in [0.1, 0.15) is 0 Å². The fourth-order valence-electron chi connectivity index (χ4n) is 3.65. The van der Waals surface area contributed by atoms with Gasteiger partial charge in [0.15, 0.2) is 0 Å². The summed E-state index contributed by atoms with van der Waals surface area (Å²) in [6, 6.07) is 23.2. The average molecular weight is 393 g/mol. The molecule has 1 aliphatic carbocycles. The van der Waals surface area contributed by atoms with Crippen LogP contribution in [0, 0.1) is 0 Å². The molecule has 0 aromatic heterocycles. The van der Waals surface area contributed by atoms with Crippen LogP contribution in [0.5, 0.6) is 0 Å². The number of nitrogens with zero attached hydrogens (tertiary/aromatic N) is 1. The third-order valence-electron chi connectivity index (χ3n) is 5.38. The van der Waals surface area contributed by atoms with Crippen LogP contribution < -0.4 is 5.32 Å². The molecule has 0 saturated heterocycles. The minimum atomic E-state index is 0.0727. The predicted octanol–water partition coefficient (Wildman–Crippen LogP) is 5.16. The number of fused-ring (bicyclic) bond motifs is 1. The van der Waals surface area contributed by atoms with E-state index in [1.165, 1.54) is 29.2 Å².